The van der Waals surface area contributed by atoms with Gasteiger partial charge in [0.15, 0.2) is 0 Å². The maximum absolute atomic E-state index is 10.8. The number of rotatable bonds is 2. The molecule has 0 saturated carbocycles. The van der Waals surface area contributed by atoms with E-state index in [-0.39, 0.29) is 5.69 Å². The third kappa shape index (κ3) is 1.62. The van der Waals surface area contributed by atoms with Crippen molar-refractivity contribution in [2.75, 3.05) is 0 Å². The zero-order valence-electron chi connectivity index (χ0n) is 9.35. The molecule has 0 fully saturated rings. The van der Waals surface area contributed by atoms with Gasteiger partial charge in [-0.3, -0.25) is 14.7 Å². The number of non-ortho nitro benzene ring substituents is 1. The van der Waals surface area contributed by atoms with Crippen LogP contribution >= 0.6 is 0 Å². The van der Waals surface area contributed by atoms with Gasteiger partial charge in [0, 0.05) is 12.1 Å². The summed E-state index contributed by atoms with van der Waals surface area (Å²) in [5.41, 5.74) is 2.60. The Hall–Kier alpha value is -2.69. The van der Waals surface area contributed by atoms with Crippen LogP contribution in [0.4, 0.5) is 5.69 Å². The van der Waals surface area contributed by atoms with Crippen LogP contribution in [0.25, 0.3) is 16.7 Å². The highest BCUT2D eigenvalue weighted by Crippen LogP contribution is 2.21. The number of fused-ring (bicyclic) bond motifs is 1. The molecule has 0 radical (unpaired) electrons. The Kier molecular flexibility index (Phi) is 2.30. The summed E-state index contributed by atoms with van der Waals surface area (Å²) < 4.78 is 1.84. The summed E-state index contributed by atoms with van der Waals surface area (Å²) in [6.45, 7) is 0. The Labute approximate surface area is 102 Å². The van der Waals surface area contributed by atoms with Crippen molar-refractivity contribution in [2.45, 2.75) is 0 Å². The topological polar surface area (TPSA) is 61.0 Å². The number of para-hydroxylation sites is 2. The number of nitro groups is 1. The fourth-order valence-corrected chi connectivity index (χ4v) is 1.92. The maximum atomic E-state index is 10.8. The molecule has 0 saturated heterocycles. The SMILES string of the molecule is O=[N+]([O-])c1cccc(-n2cnc3ccccc32)c1. The molecule has 3 rings (SSSR count). The normalized spacial score (nSPS) is 10.7. The summed E-state index contributed by atoms with van der Waals surface area (Å²) >= 11 is 0. The van der Waals surface area contributed by atoms with Gasteiger partial charge in [0.1, 0.15) is 6.33 Å². The Morgan fingerprint density at radius 2 is 1.94 bits per heavy atom. The van der Waals surface area contributed by atoms with Crippen molar-refractivity contribution in [2.24, 2.45) is 0 Å². The van der Waals surface area contributed by atoms with Crippen LogP contribution in [0.5, 0.6) is 0 Å². The van der Waals surface area contributed by atoms with E-state index in [0.29, 0.717) is 0 Å². The lowest BCUT2D eigenvalue weighted by molar-refractivity contribution is -0.384. The van der Waals surface area contributed by atoms with Crippen molar-refractivity contribution in [1.29, 1.82) is 0 Å². The molecule has 88 valence electrons. The smallest absolute Gasteiger partial charge is 0.271 e. The second-order valence-electron chi connectivity index (χ2n) is 3.88. The fraction of sp³-hybridized carbons (Fsp3) is 0. The lowest BCUT2D eigenvalue weighted by Crippen LogP contribution is -1.94. The van der Waals surface area contributed by atoms with E-state index in [4.69, 9.17) is 0 Å². The van der Waals surface area contributed by atoms with Crippen LogP contribution in [0.3, 0.4) is 0 Å². The molecule has 2 aromatic carbocycles. The second-order valence-corrected chi connectivity index (χ2v) is 3.88. The first-order chi connectivity index (χ1) is 8.75. The van der Waals surface area contributed by atoms with Crippen molar-refractivity contribution in [3.63, 3.8) is 0 Å². The predicted molar refractivity (Wildman–Crippen MR) is 67.7 cm³/mol. The lowest BCUT2D eigenvalue weighted by atomic mass is 10.2. The highest BCUT2D eigenvalue weighted by molar-refractivity contribution is 5.77. The van der Waals surface area contributed by atoms with Crippen molar-refractivity contribution in [1.82, 2.24) is 9.55 Å². The summed E-state index contributed by atoms with van der Waals surface area (Å²) in [5.74, 6) is 0. The van der Waals surface area contributed by atoms with E-state index < -0.39 is 4.92 Å². The molecule has 5 heteroatoms. The number of nitrogens with zero attached hydrogens (tertiary/aromatic N) is 3. The molecule has 18 heavy (non-hydrogen) atoms. The third-order valence-corrected chi connectivity index (χ3v) is 2.77. The average Bonchev–Trinajstić information content (AvgIpc) is 2.82. The van der Waals surface area contributed by atoms with E-state index in [9.17, 15) is 10.1 Å². The van der Waals surface area contributed by atoms with Gasteiger partial charge < -0.3 is 0 Å². The monoisotopic (exact) mass is 239 g/mol. The minimum absolute atomic E-state index is 0.0743. The van der Waals surface area contributed by atoms with Crippen LogP contribution in [0.2, 0.25) is 0 Å². The van der Waals surface area contributed by atoms with Gasteiger partial charge in [-0.05, 0) is 18.2 Å². The van der Waals surface area contributed by atoms with Crippen molar-refractivity contribution < 1.29 is 4.92 Å². The van der Waals surface area contributed by atoms with Crippen molar-refractivity contribution >= 4 is 16.7 Å². The number of nitro benzene ring substituents is 1. The van der Waals surface area contributed by atoms with Crippen LogP contribution in [0.1, 0.15) is 0 Å². The number of hydrogen-bond acceptors (Lipinski definition) is 3. The highest BCUT2D eigenvalue weighted by Gasteiger charge is 2.08. The summed E-state index contributed by atoms with van der Waals surface area (Å²) in [7, 11) is 0. The van der Waals surface area contributed by atoms with Gasteiger partial charge in [-0.25, -0.2) is 4.98 Å². The summed E-state index contributed by atoms with van der Waals surface area (Å²) in [5, 5.41) is 10.8. The van der Waals surface area contributed by atoms with Gasteiger partial charge in [0.05, 0.1) is 21.6 Å². The second kappa shape index (κ2) is 3.96. The van der Waals surface area contributed by atoms with Crippen LogP contribution in [-0.2, 0) is 0 Å². The molecule has 1 heterocycles. The Morgan fingerprint density at radius 3 is 2.78 bits per heavy atom. The molecule has 5 nitrogen and oxygen atoms in total. The molecule has 1 aromatic heterocycles. The van der Waals surface area contributed by atoms with E-state index in [1.54, 1.807) is 12.4 Å². The zero-order valence-corrected chi connectivity index (χ0v) is 9.35. The quantitative estimate of drug-likeness (QED) is 0.510. The zero-order chi connectivity index (χ0) is 12.5. The van der Waals surface area contributed by atoms with E-state index >= 15 is 0 Å². The minimum Gasteiger partial charge on any atom is -0.299 e. The standard InChI is InChI=1S/C13H9N3O2/c17-16(18)11-5-3-4-10(8-11)15-9-14-12-6-1-2-7-13(12)15/h1-9H. The molecule has 3 aromatic rings. The lowest BCUT2D eigenvalue weighted by Gasteiger charge is -2.03. The first-order valence-electron chi connectivity index (χ1n) is 5.42. The summed E-state index contributed by atoms with van der Waals surface area (Å²) in [4.78, 5) is 14.6. The molecule has 0 bridgehead atoms. The van der Waals surface area contributed by atoms with Gasteiger partial charge in [-0.1, -0.05) is 18.2 Å². The first-order valence-corrected chi connectivity index (χ1v) is 5.42. The number of imidazole rings is 1. The van der Waals surface area contributed by atoms with Gasteiger partial charge in [0.25, 0.3) is 5.69 Å². The van der Waals surface area contributed by atoms with Crippen molar-refractivity contribution in [3.8, 4) is 5.69 Å². The molecular formula is C13H9N3O2. The molecule has 0 aliphatic heterocycles. The molecule has 0 spiro atoms. The van der Waals surface area contributed by atoms with Gasteiger partial charge in [0.2, 0.25) is 0 Å². The van der Waals surface area contributed by atoms with Gasteiger partial charge >= 0.3 is 0 Å². The number of hydrogen-bond donors (Lipinski definition) is 0. The molecule has 0 amide bonds. The Bertz CT molecular complexity index is 734. The molecule has 0 aliphatic rings. The van der Waals surface area contributed by atoms with Gasteiger partial charge in [-0.2, -0.15) is 0 Å². The van der Waals surface area contributed by atoms with Crippen LogP contribution in [-0.4, -0.2) is 14.5 Å². The first kappa shape index (κ1) is 10.5. The van der Waals surface area contributed by atoms with Crippen LogP contribution in [0.15, 0.2) is 54.9 Å². The highest BCUT2D eigenvalue weighted by atomic mass is 16.6. The average molecular weight is 239 g/mol. The summed E-state index contributed by atoms with van der Waals surface area (Å²) in [6.07, 6.45) is 1.67. The third-order valence-electron chi connectivity index (χ3n) is 2.77. The Morgan fingerprint density at radius 1 is 1.11 bits per heavy atom. The number of benzene rings is 2. The van der Waals surface area contributed by atoms with Gasteiger partial charge in [-0.15, -0.1) is 0 Å². The molecule has 0 unspecified atom stereocenters. The largest absolute Gasteiger partial charge is 0.299 e. The molecule has 0 atom stereocenters. The number of aromatic nitrogens is 2. The fourth-order valence-electron chi connectivity index (χ4n) is 1.92. The minimum atomic E-state index is -0.400. The van der Waals surface area contributed by atoms with E-state index in [2.05, 4.69) is 4.98 Å². The predicted octanol–water partition coefficient (Wildman–Crippen LogP) is 2.93. The van der Waals surface area contributed by atoms with Crippen LogP contribution < -0.4 is 0 Å². The van der Waals surface area contributed by atoms with Crippen LogP contribution in [0, 0.1) is 10.1 Å². The summed E-state index contributed by atoms with van der Waals surface area (Å²) in [6, 6.07) is 14.2. The van der Waals surface area contributed by atoms with Crippen molar-refractivity contribution in [3.05, 3.63) is 65.0 Å². The van der Waals surface area contributed by atoms with E-state index in [1.165, 1.54) is 12.1 Å². The molecular weight excluding hydrogens is 230 g/mol. The maximum Gasteiger partial charge on any atom is 0.271 e. The van der Waals surface area contributed by atoms with E-state index in [1.807, 2.05) is 34.9 Å². The molecule has 0 aliphatic carbocycles. The Balaban J connectivity index is 2.20. The molecule has 0 N–H and O–H groups in total. The van der Waals surface area contributed by atoms with E-state index in [0.717, 1.165) is 16.7 Å².